The molecule has 0 spiro atoms. The van der Waals surface area contributed by atoms with Crippen LogP contribution in [-0.4, -0.2) is 129 Å². The first-order valence-electron chi connectivity index (χ1n) is 10.2. The number of hydrogen-bond acceptors (Lipinski definition) is 14. The van der Waals surface area contributed by atoms with Crippen LogP contribution < -0.4 is 22.9 Å². The summed E-state index contributed by atoms with van der Waals surface area (Å²) in [6.45, 7) is -0.699. The Bertz CT molecular complexity index is 593. The van der Waals surface area contributed by atoms with Gasteiger partial charge in [0.1, 0.15) is 48.8 Å². The van der Waals surface area contributed by atoms with Gasteiger partial charge in [0.25, 0.3) is 0 Å². The molecule has 14 nitrogen and oxygen atoms in total. The van der Waals surface area contributed by atoms with Gasteiger partial charge in [0, 0.05) is 18.6 Å². The summed E-state index contributed by atoms with van der Waals surface area (Å²) in [5.41, 5.74) is 23.4. The topological polar surface area (TPSA) is 262 Å². The molecule has 2 saturated heterocycles. The second-order valence-corrected chi connectivity index (χ2v) is 8.30. The zero-order valence-corrected chi connectivity index (χ0v) is 16.8. The fraction of sp³-hybridized carbons (Fsp3) is 1.00. The van der Waals surface area contributed by atoms with E-state index < -0.39 is 92.2 Å². The number of aliphatic hydroxyl groups is 6. The van der Waals surface area contributed by atoms with Gasteiger partial charge in [-0.15, -0.1) is 0 Å². The Morgan fingerprint density at radius 2 is 1.32 bits per heavy atom. The highest BCUT2D eigenvalue weighted by Gasteiger charge is 2.52. The lowest BCUT2D eigenvalue weighted by Gasteiger charge is -2.47. The maximum Gasteiger partial charge on any atom is 0.187 e. The molecule has 182 valence electrons. The van der Waals surface area contributed by atoms with Crippen LogP contribution >= 0.6 is 0 Å². The third kappa shape index (κ3) is 4.87. The number of ether oxygens (including phenoxy) is 4. The molecule has 14 heteroatoms. The first kappa shape index (κ1) is 25.1. The number of rotatable bonds is 6. The quantitative estimate of drug-likeness (QED) is 0.179. The molecule has 14 N–H and O–H groups in total. The summed E-state index contributed by atoms with van der Waals surface area (Å²) in [7, 11) is 0. The summed E-state index contributed by atoms with van der Waals surface area (Å²) in [5.74, 6) is 0. The van der Waals surface area contributed by atoms with Crippen LogP contribution in [0.4, 0.5) is 0 Å². The molecule has 0 aromatic heterocycles. The van der Waals surface area contributed by atoms with Gasteiger partial charge in [-0.2, -0.15) is 0 Å². The largest absolute Gasteiger partial charge is 0.394 e. The lowest BCUT2D eigenvalue weighted by atomic mass is 9.84. The zero-order valence-electron chi connectivity index (χ0n) is 16.8. The Morgan fingerprint density at radius 1 is 0.710 bits per heavy atom. The molecular weight excluding hydrogens is 420 g/mol. The Balaban J connectivity index is 1.74. The van der Waals surface area contributed by atoms with Crippen molar-refractivity contribution in [2.24, 2.45) is 22.9 Å². The van der Waals surface area contributed by atoms with Crippen molar-refractivity contribution in [2.75, 3.05) is 13.2 Å². The van der Waals surface area contributed by atoms with Crippen molar-refractivity contribution in [3.63, 3.8) is 0 Å². The fourth-order valence-corrected chi connectivity index (χ4v) is 4.18. The predicted molar refractivity (Wildman–Crippen MR) is 102 cm³/mol. The minimum Gasteiger partial charge on any atom is -0.394 e. The van der Waals surface area contributed by atoms with Crippen LogP contribution in [0.15, 0.2) is 0 Å². The first-order chi connectivity index (χ1) is 14.6. The smallest absolute Gasteiger partial charge is 0.187 e. The Morgan fingerprint density at radius 3 is 1.90 bits per heavy atom. The van der Waals surface area contributed by atoms with E-state index in [0.717, 1.165) is 0 Å². The summed E-state index contributed by atoms with van der Waals surface area (Å²) in [5, 5.41) is 60.6. The van der Waals surface area contributed by atoms with Crippen molar-refractivity contribution < 1.29 is 49.6 Å². The molecule has 1 aliphatic carbocycles. The van der Waals surface area contributed by atoms with E-state index >= 15 is 0 Å². The molecular formula is C17H34N4O10. The van der Waals surface area contributed by atoms with Crippen molar-refractivity contribution in [1.29, 1.82) is 0 Å². The second kappa shape index (κ2) is 10.1. The highest BCUT2D eigenvalue weighted by Crippen LogP contribution is 2.31. The van der Waals surface area contributed by atoms with Gasteiger partial charge < -0.3 is 72.5 Å². The van der Waals surface area contributed by atoms with Crippen molar-refractivity contribution in [2.45, 2.75) is 92.1 Å². The average molecular weight is 454 g/mol. The third-order valence-electron chi connectivity index (χ3n) is 6.12. The zero-order chi connectivity index (χ0) is 23.0. The average Bonchev–Trinajstić information content (AvgIpc) is 3.01. The molecule has 1 saturated carbocycles. The molecule has 8 unspecified atom stereocenters. The van der Waals surface area contributed by atoms with Crippen LogP contribution in [0.5, 0.6) is 0 Å². The molecule has 2 heterocycles. The second-order valence-electron chi connectivity index (χ2n) is 8.30. The summed E-state index contributed by atoms with van der Waals surface area (Å²) >= 11 is 0. The number of hydrogen-bond donors (Lipinski definition) is 10. The molecule has 0 bridgehead atoms. The van der Waals surface area contributed by atoms with E-state index in [2.05, 4.69) is 0 Å². The predicted octanol–water partition coefficient (Wildman–Crippen LogP) is -6.65. The van der Waals surface area contributed by atoms with Gasteiger partial charge in [-0.05, 0) is 6.42 Å². The maximum atomic E-state index is 10.5. The molecule has 14 atom stereocenters. The van der Waals surface area contributed by atoms with Crippen molar-refractivity contribution in [1.82, 2.24) is 0 Å². The molecule has 0 aromatic carbocycles. The van der Waals surface area contributed by atoms with Crippen LogP contribution in [-0.2, 0) is 18.9 Å². The van der Waals surface area contributed by atoms with Crippen molar-refractivity contribution in [3.8, 4) is 0 Å². The molecule has 3 rings (SSSR count). The van der Waals surface area contributed by atoms with Crippen molar-refractivity contribution >= 4 is 0 Å². The first-order valence-corrected chi connectivity index (χ1v) is 10.2. The summed E-state index contributed by atoms with van der Waals surface area (Å²) < 4.78 is 22.3. The Hall–Kier alpha value is -0.560. The molecule has 31 heavy (non-hydrogen) atoms. The summed E-state index contributed by atoms with van der Waals surface area (Å²) in [6, 6.07) is -2.67. The molecule has 3 fully saturated rings. The van der Waals surface area contributed by atoms with Crippen LogP contribution in [0.3, 0.4) is 0 Å². The lowest BCUT2D eigenvalue weighted by Crippen LogP contribution is -2.68. The number of nitrogens with two attached hydrogens (primary N) is 4. The third-order valence-corrected chi connectivity index (χ3v) is 6.12. The van der Waals surface area contributed by atoms with E-state index in [1.165, 1.54) is 0 Å². The van der Waals surface area contributed by atoms with Gasteiger partial charge in [0.2, 0.25) is 0 Å². The summed E-state index contributed by atoms with van der Waals surface area (Å²) in [4.78, 5) is 0. The van der Waals surface area contributed by atoms with Gasteiger partial charge >= 0.3 is 0 Å². The standard InChI is InChI=1S/C17H34N4O10/c18-2-6-10(24)13(27)17(28-6)31-15-8(21)16(29-7(3-22)11(15)25)30-14-5(20)1-4(19)9(23)12(14)26/h4-17,22-27H,1-3,18-21H2/t4-,5?,6-,7?,8?,9?,10?,11-,12?,13?,14-,15?,16-,17+/m1/s1. The number of aliphatic hydroxyl groups excluding tert-OH is 6. The van der Waals surface area contributed by atoms with Crippen molar-refractivity contribution in [3.05, 3.63) is 0 Å². The SMILES string of the molecule is NC[C@H]1O[C@@H](OC2C(N)[C@@H](O[C@@H]3C(N)C[C@@H](N)C(O)C3O)OC(CO)[C@H]2O)C(O)C1O. The van der Waals surface area contributed by atoms with Gasteiger partial charge in [-0.3, -0.25) is 0 Å². The normalized spacial score (nSPS) is 53.6. The monoisotopic (exact) mass is 454 g/mol. The maximum absolute atomic E-state index is 10.5. The highest BCUT2D eigenvalue weighted by molar-refractivity contribution is 5.00. The molecule has 0 aromatic rings. The van der Waals surface area contributed by atoms with E-state index in [0.29, 0.717) is 0 Å². The Labute approximate surface area is 178 Å². The van der Waals surface area contributed by atoms with E-state index in [9.17, 15) is 30.6 Å². The van der Waals surface area contributed by atoms with Gasteiger partial charge in [-0.25, -0.2) is 0 Å². The van der Waals surface area contributed by atoms with Gasteiger partial charge in [0.15, 0.2) is 12.6 Å². The Kier molecular flexibility index (Phi) is 8.21. The lowest BCUT2D eigenvalue weighted by molar-refractivity contribution is -0.317. The van der Waals surface area contributed by atoms with Gasteiger partial charge in [-0.1, -0.05) is 0 Å². The molecule has 3 aliphatic rings. The van der Waals surface area contributed by atoms with E-state index in [-0.39, 0.29) is 13.0 Å². The minimum atomic E-state index is -1.45. The molecule has 0 amide bonds. The van der Waals surface area contributed by atoms with Crippen LogP contribution in [0.25, 0.3) is 0 Å². The van der Waals surface area contributed by atoms with Crippen LogP contribution in [0.2, 0.25) is 0 Å². The van der Waals surface area contributed by atoms with Crippen LogP contribution in [0.1, 0.15) is 6.42 Å². The fourth-order valence-electron chi connectivity index (χ4n) is 4.18. The summed E-state index contributed by atoms with van der Waals surface area (Å²) in [6.07, 6.45) is -13.8. The van der Waals surface area contributed by atoms with Crippen LogP contribution in [0, 0.1) is 0 Å². The van der Waals surface area contributed by atoms with E-state index in [1.54, 1.807) is 0 Å². The van der Waals surface area contributed by atoms with E-state index in [1.807, 2.05) is 0 Å². The van der Waals surface area contributed by atoms with Gasteiger partial charge in [0.05, 0.1) is 18.8 Å². The van der Waals surface area contributed by atoms with E-state index in [4.69, 9.17) is 41.9 Å². The minimum absolute atomic E-state index is 0.0760. The molecule has 0 radical (unpaired) electrons. The highest BCUT2D eigenvalue weighted by atomic mass is 16.7. The molecule has 2 aliphatic heterocycles.